The summed E-state index contributed by atoms with van der Waals surface area (Å²) in [5.74, 6) is 0.874. The summed E-state index contributed by atoms with van der Waals surface area (Å²) in [5.41, 5.74) is 2.47. The summed E-state index contributed by atoms with van der Waals surface area (Å²) in [6, 6.07) is 14.1. The Hall–Kier alpha value is -0.640. The number of halogens is 2. The average Bonchev–Trinajstić information content (AvgIpc) is 2.42. The molecule has 0 fully saturated rings. The van der Waals surface area contributed by atoms with Crippen molar-refractivity contribution >= 4 is 39.3 Å². The molecular weight excluding hydrogens is 344 g/mol. The standard InChI is InChI=1S/C15H14BrClOS/c1-18-12-6-3-10(4-7-12)15(19-2)13-8-5-11(17)9-14(13)16/h3-9,15H,1-2H3. The van der Waals surface area contributed by atoms with Crippen LogP contribution in [-0.2, 0) is 0 Å². The van der Waals surface area contributed by atoms with Gasteiger partial charge in [-0.25, -0.2) is 0 Å². The second kappa shape index (κ2) is 6.69. The molecular formula is C15H14BrClOS. The average molecular weight is 358 g/mol. The third-order valence-corrected chi connectivity index (χ3v) is 4.82. The molecule has 1 unspecified atom stereocenters. The summed E-state index contributed by atoms with van der Waals surface area (Å²) in [6.45, 7) is 0. The van der Waals surface area contributed by atoms with Crippen molar-refractivity contribution in [1.82, 2.24) is 0 Å². The number of hydrogen-bond acceptors (Lipinski definition) is 2. The zero-order chi connectivity index (χ0) is 13.8. The van der Waals surface area contributed by atoms with Gasteiger partial charge in [-0.05, 0) is 41.6 Å². The molecule has 0 aliphatic heterocycles. The highest BCUT2D eigenvalue weighted by molar-refractivity contribution is 9.10. The van der Waals surface area contributed by atoms with Crippen molar-refractivity contribution in [2.24, 2.45) is 0 Å². The Balaban J connectivity index is 2.37. The molecule has 0 radical (unpaired) electrons. The van der Waals surface area contributed by atoms with Gasteiger partial charge in [0.05, 0.1) is 12.4 Å². The van der Waals surface area contributed by atoms with Crippen molar-refractivity contribution in [3.63, 3.8) is 0 Å². The van der Waals surface area contributed by atoms with E-state index in [9.17, 15) is 0 Å². The van der Waals surface area contributed by atoms with Crippen LogP contribution in [0.4, 0.5) is 0 Å². The maximum atomic E-state index is 6.00. The van der Waals surface area contributed by atoms with Crippen molar-refractivity contribution in [2.45, 2.75) is 5.25 Å². The van der Waals surface area contributed by atoms with Gasteiger partial charge < -0.3 is 4.74 Å². The molecule has 0 saturated carbocycles. The first-order valence-electron chi connectivity index (χ1n) is 5.77. The van der Waals surface area contributed by atoms with Crippen molar-refractivity contribution < 1.29 is 4.74 Å². The van der Waals surface area contributed by atoms with Crippen LogP contribution in [0.1, 0.15) is 16.4 Å². The van der Waals surface area contributed by atoms with Crippen LogP contribution in [0, 0.1) is 0 Å². The molecule has 0 saturated heterocycles. The van der Waals surface area contributed by atoms with Gasteiger partial charge in [-0.15, -0.1) is 0 Å². The largest absolute Gasteiger partial charge is 0.497 e. The van der Waals surface area contributed by atoms with E-state index < -0.39 is 0 Å². The minimum atomic E-state index is 0.276. The zero-order valence-corrected chi connectivity index (χ0v) is 13.8. The first kappa shape index (κ1) is 14.8. The van der Waals surface area contributed by atoms with Gasteiger partial charge in [0.2, 0.25) is 0 Å². The van der Waals surface area contributed by atoms with E-state index in [4.69, 9.17) is 16.3 Å². The number of methoxy groups -OCH3 is 1. The molecule has 100 valence electrons. The Bertz CT molecular complexity index is 557. The smallest absolute Gasteiger partial charge is 0.118 e. The van der Waals surface area contributed by atoms with Crippen molar-refractivity contribution in [3.05, 3.63) is 63.1 Å². The highest BCUT2D eigenvalue weighted by Gasteiger charge is 2.16. The van der Waals surface area contributed by atoms with E-state index >= 15 is 0 Å². The number of hydrogen-bond donors (Lipinski definition) is 0. The van der Waals surface area contributed by atoms with Crippen LogP contribution >= 0.6 is 39.3 Å². The van der Waals surface area contributed by atoms with Crippen molar-refractivity contribution in [3.8, 4) is 5.75 Å². The summed E-state index contributed by atoms with van der Waals surface area (Å²) < 4.78 is 6.23. The Labute approximate surface area is 131 Å². The van der Waals surface area contributed by atoms with E-state index in [1.54, 1.807) is 18.9 Å². The summed E-state index contributed by atoms with van der Waals surface area (Å²) in [6.07, 6.45) is 2.11. The van der Waals surface area contributed by atoms with E-state index in [2.05, 4.69) is 40.4 Å². The monoisotopic (exact) mass is 356 g/mol. The summed E-state index contributed by atoms with van der Waals surface area (Å²) in [5, 5.41) is 1.02. The summed E-state index contributed by atoms with van der Waals surface area (Å²) >= 11 is 11.4. The zero-order valence-electron chi connectivity index (χ0n) is 10.7. The van der Waals surface area contributed by atoms with Gasteiger partial charge in [-0.1, -0.05) is 45.7 Å². The molecule has 0 aliphatic rings. The first-order chi connectivity index (χ1) is 9.15. The predicted molar refractivity (Wildman–Crippen MR) is 87.5 cm³/mol. The molecule has 0 aromatic heterocycles. The first-order valence-corrected chi connectivity index (χ1v) is 8.23. The van der Waals surface area contributed by atoms with E-state index in [1.807, 2.05) is 24.3 Å². The SMILES string of the molecule is COc1ccc(C(SC)c2ccc(Cl)cc2Br)cc1. The van der Waals surface area contributed by atoms with Gasteiger partial charge in [-0.3, -0.25) is 0 Å². The minimum Gasteiger partial charge on any atom is -0.497 e. The quantitative estimate of drug-likeness (QED) is 0.708. The summed E-state index contributed by atoms with van der Waals surface area (Å²) in [4.78, 5) is 0. The number of ether oxygens (including phenoxy) is 1. The van der Waals surface area contributed by atoms with E-state index in [0.717, 1.165) is 15.2 Å². The van der Waals surface area contributed by atoms with E-state index in [0.29, 0.717) is 0 Å². The van der Waals surface area contributed by atoms with Crippen LogP contribution < -0.4 is 4.74 Å². The van der Waals surface area contributed by atoms with Gasteiger partial charge in [0, 0.05) is 9.50 Å². The number of thioether (sulfide) groups is 1. The van der Waals surface area contributed by atoms with Crippen LogP contribution in [0.25, 0.3) is 0 Å². The Morgan fingerprint density at radius 2 is 1.84 bits per heavy atom. The molecule has 2 aromatic rings. The van der Waals surface area contributed by atoms with Gasteiger partial charge in [0.25, 0.3) is 0 Å². The van der Waals surface area contributed by atoms with Gasteiger partial charge in [0.1, 0.15) is 5.75 Å². The molecule has 2 rings (SSSR count). The topological polar surface area (TPSA) is 9.23 Å². The molecule has 19 heavy (non-hydrogen) atoms. The fourth-order valence-corrected chi connectivity index (χ4v) is 3.89. The molecule has 0 heterocycles. The third-order valence-electron chi connectivity index (χ3n) is 2.90. The van der Waals surface area contributed by atoms with E-state index in [-0.39, 0.29) is 5.25 Å². The Morgan fingerprint density at radius 1 is 1.16 bits per heavy atom. The second-order valence-electron chi connectivity index (χ2n) is 4.05. The fourth-order valence-electron chi connectivity index (χ4n) is 1.94. The third kappa shape index (κ3) is 3.47. The molecule has 2 aromatic carbocycles. The number of rotatable bonds is 4. The van der Waals surface area contributed by atoms with Crippen LogP contribution in [0.3, 0.4) is 0 Å². The second-order valence-corrected chi connectivity index (χ2v) is 6.29. The fraction of sp³-hybridized carbons (Fsp3) is 0.200. The lowest BCUT2D eigenvalue weighted by Gasteiger charge is -2.17. The Kier molecular flexibility index (Phi) is 5.20. The van der Waals surface area contributed by atoms with Crippen LogP contribution in [-0.4, -0.2) is 13.4 Å². The maximum Gasteiger partial charge on any atom is 0.118 e. The number of benzene rings is 2. The molecule has 1 nitrogen and oxygen atoms in total. The highest BCUT2D eigenvalue weighted by Crippen LogP contribution is 2.39. The van der Waals surface area contributed by atoms with Crippen LogP contribution in [0.5, 0.6) is 5.75 Å². The summed E-state index contributed by atoms with van der Waals surface area (Å²) in [7, 11) is 1.68. The van der Waals surface area contributed by atoms with Crippen LogP contribution in [0.15, 0.2) is 46.9 Å². The lowest BCUT2D eigenvalue weighted by atomic mass is 10.0. The highest BCUT2D eigenvalue weighted by atomic mass is 79.9. The Morgan fingerprint density at radius 3 is 2.37 bits per heavy atom. The van der Waals surface area contributed by atoms with Gasteiger partial charge in [0.15, 0.2) is 0 Å². The molecule has 1 atom stereocenters. The predicted octanol–water partition coefficient (Wildman–Crippen LogP) is 5.56. The van der Waals surface area contributed by atoms with Crippen LogP contribution in [0.2, 0.25) is 5.02 Å². The lowest BCUT2D eigenvalue weighted by Crippen LogP contribution is -1.97. The lowest BCUT2D eigenvalue weighted by molar-refractivity contribution is 0.414. The van der Waals surface area contributed by atoms with Gasteiger partial charge >= 0.3 is 0 Å². The van der Waals surface area contributed by atoms with E-state index in [1.165, 1.54) is 11.1 Å². The van der Waals surface area contributed by atoms with Gasteiger partial charge in [-0.2, -0.15) is 11.8 Å². The molecule has 0 aliphatic carbocycles. The minimum absolute atomic E-state index is 0.276. The molecule has 0 spiro atoms. The van der Waals surface area contributed by atoms with Crippen molar-refractivity contribution in [1.29, 1.82) is 0 Å². The normalized spacial score (nSPS) is 12.2. The van der Waals surface area contributed by atoms with Crippen molar-refractivity contribution in [2.75, 3.05) is 13.4 Å². The molecule has 0 amide bonds. The molecule has 4 heteroatoms. The molecule has 0 N–H and O–H groups in total. The molecule has 0 bridgehead atoms. The maximum absolute atomic E-state index is 6.00.